The van der Waals surface area contributed by atoms with Crippen LogP contribution in [0.25, 0.3) is 0 Å². The van der Waals surface area contributed by atoms with Crippen LogP contribution in [0, 0.1) is 5.92 Å². The first-order valence-electron chi connectivity index (χ1n) is 7.47. The van der Waals surface area contributed by atoms with E-state index in [1.54, 1.807) is 0 Å². The number of hydrogen-bond acceptors (Lipinski definition) is 3. The summed E-state index contributed by atoms with van der Waals surface area (Å²) in [5.74, 6) is 3.41. The van der Waals surface area contributed by atoms with Crippen molar-refractivity contribution in [3.05, 3.63) is 17.6 Å². The maximum absolute atomic E-state index is 4.85. The number of aromatic nitrogens is 2. The molecule has 0 saturated heterocycles. The van der Waals surface area contributed by atoms with Gasteiger partial charge in [-0.05, 0) is 18.8 Å². The van der Waals surface area contributed by atoms with Crippen LogP contribution in [0.2, 0.25) is 0 Å². The fourth-order valence-electron chi connectivity index (χ4n) is 2.68. The van der Waals surface area contributed by atoms with Gasteiger partial charge in [-0.25, -0.2) is 9.97 Å². The summed E-state index contributed by atoms with van der Waals surface area (Å²) >= 11 is 0. The van der Waals surface area contributed by atoms with Crippen LogP contribution < -0.4 is 5.32 Å². The molecule has 0 atom stereocenters. The highest BCUT2D eigenvalue weighted by Gasteiger charge is 2.24. The summed E-state index contributed by atoms with van der Waals surface area (Å²) in [5.41, 5.74) is 1.21. The van der Waals surface area contributed by atoms with Crippen LogP contribution in [-0.4, -0.2) is 17.0 Å². The zero-order valence-electron chi connectivity index (χ0n) is 13.0. The Bertz CT molecular complexity index is 426. The molecule has 2 rings (SSSR count). The largest absolute Gasteiger partial charge is 0.373 e. The molecule has 1 N–H and O–H groups in total. The summed E-state index contributed by atoms with van der Waals surface area (Å²) in [6, 6.07) is 2.08. The lowest BCUT2D eigenvalue weighted by atomic mass is 9.82. The normalized spacial score (nSPS) is 24.3. The lowest BCUT2D eigenvalue weighted by Gasteiger charge is -2.27. The monoisotopic (exact) mass is 261 g/mol. The summed E-state index contributed by atoms with van der Waals surface area (Å²) in [6.45, 7) is 8.98. The van der Waals surface area contributed by atoms with E-state index in [0.29, 0.717) is 5.92 Å². The summed E-state index contributed by atoms with van der Waals surface area (Å²) in [5, 5.41) is 3.18. The summed E-state index contributed by atoms with van der Waals surface area (Å²) in [6.07, 6.45) is 5.08. The Hall–Kier alpha value is -1.12. The van der Waals surface area contributed by atoms with E-state index in [0.717, 1.165) is 23.3 Å². The molecule has 0 unspecified atom stereocenters. The van der Waals surface area contributed by atoms with E-state index in [2.05, 4.69) is 39.1 Å². The van der Waals surface area contributed by atoms with Crippen LogP contribution in [-0.2, 0) is 5.41 Å². The van der Waals surface area contributed by atoms with E-state index in [-0.39, 0.29) is 5.41 Å². The molecule has 0 amide bonds. The molecule has 1 heterocycles. The Labute approximate surface area is 117 Å². The zero-order valence-corrected chi connectivity index (χ0v) is 13.0. The van der Waals surface area contributed by atoms with Gasteiger partial charge < -0.3 is 5.32 Å². The van der Waals surface area contributed by atoms with Gasteiger partial charge in [0.05, 0.1) is 5.69 Å². The van der Waals surface area contributed by atoms with E-state index in [1.807, 2.05) is 7.05 Å². The molecular formula is C16H27N3. The molecule has 1 fully saturated rings. The molecule has 3 heteroatoms. The minimum atomic E-state index is 0.0747. The van der Waals surface area contributed by atoms with Crippen molar-refractivity contribution in [3.63, 3.8) is 0 Å². The second-order valence-corrected chi connectivity index (χ2v) is 6.95. The van der Waals surface area contributed by atoms with Crippen LogP contribution in [0.1, 0.15) is 70.8 Å². The number of nitrogens with zero attached hydrogens (tertiary/aromatic N) is 2. The second kappa shape index (κ2) is 5.48. The highest BCUT2D eigenvalue weighted by Crippen LogP contribution is 2.35. The number of nitrogens with one attached hydrogen (secondary N) is 1. The standard InChI is InChI=1S/C16H27N3/c1-11-6-8-12(9-7-11)15-18-13(16(2,3)4)10-14(17-5)19-15/h10-12H,6-9H2,1-5H3,(H,17,18,19). The van der Waals surface area contributed by atoms with Crippen molar-refractivity contribution in [1.29, 1.82) is 0 Å². The summed E-state index contributed by atoms with van der Waals surface area (Å²) < 4.78 is 0. The van der Waals surface area contributed by atoms with Gasteiger partial charge in [0.1, 0.15) is 11.6 Å². The highest BCUT2D eigenvalue weighted by molar-refractivity contribution is 5.37. The van der Waals surface area contributed by atoms with Crippen molar-refractivity contribution in [1.82, 2.24) is 9.97 Å². The smallest absolute Gasteiger partial charge is 0.134 e. The first-order chi connectivity index (χ1) is 8.90. The molecule has 1 aliphatic rings. The van der Waals surface area contributed by atoms with Crippen LogP contribution in [0.5, 0.6) is 0 Å². The van der Waals surface area contributed by atoms with Gasteiger partial charge in [-0.2, -0.15) is 0 Å². The molecule has 19 heavy (non-hydrogen) atoms. The fourth-order valence-corrected chi connectivity index (χ4v) is 2.68. The molecule has 1 aromatic heterocycles. The minimum absolute atomic E-state index is 0.0747. The van der Waals surface area contributed by atoms with Crippen LogP contribution in [0.15, 0.2) is 6.07 Å². The van der Waals surface area contributed by atoms with Crippen molar-refractivity contribution in [2.45, 2.75) is 64.7 Å². The lowest BCUT2D eigenvalue weighted by Crippen LogP contribution is -2.19. The maximum Gasteiger partial charge on any atom is 0.134 e. The number of rotatable bonds is 2. The first kappa shape index (κ1) is 14.3. The molecule has 0 spiro atoms. The minimum Gasteiger partial charge on any atom is -0.373 e. The molecule has 3 nitrogen and oxygen atoms in total. The zero-order chi connectivity index (χ0) is 14.0. The number of hydrogen-bond donors (Lipinski definition) is 1. The summed E-state index contributed by atoms with van der Waals surface area (Å²) in [4.78, 5) is 9.54. The van der Waals surface area contributed by atoms with Crippen LogP contribution in [0.4, 0.5) is 5.82 Å². The SMILES string of the molecule is CNc1cc(C(C)(C)C)nc(C2CCC(C)CC2)n1. The van der Waals surface area contributed by atoms with Gasteiger partial charge in [0.15, 0.2) is 0 Å². The van der Waals surface area contributed by atoms with Gasteiger partial charge in [-0.15, -0.1) is 0 Å². The Morgan fingerprint density at radius 3 is 2.26 bits per heavy atom. The van der Waals surface area contributed by atoms with Gasteiger partial charge in [-0.3, -0.25) is 0 Å². The predicted octanol–water partition coefficient (Wildman–Crippen LogP) is 4.11. The molecular weight excluding hydrogens is 234 g/mol. The fraction of sp³-hybridized carbons (Fsp3) is 0.750. The molecule has 0 radical (unpaired) electrons. The van der Waals surface area contributed by atoms with Crippen molar-refractivity contribution in [2.24, 2.45) is 5.92 Å². The van der Waals surface area contributed by atoms with Crippen molar-refractivity contribution < 1.29 is 0 Å². The molecule has 106 valence electrons. The number of anilines is 1. The van der Waals surface area contributed by atoms with Gasteiger partial charge in [0, 0.05) is 24.4 Å². The van der Waals surface area contributed by atoms with Crippen LogP contribution in [0.3, 0.4) is 0 Å². The Balaban J connectivity index is 2.29. The first-order valence-corrected chi connectivity index (χ1v) is 7.47. The van der Waals surface area contributed by atoms with Crippen molar-refractivity contribution in [2.75, 3.05) is 12.4 Å². The average Bonchev–Trinajstić information content (AvgIpc) is 2.38. The molecule has 1 aliphatic carbocycles. The van der Waals surface area contributed by atoms with E-state index >= 15 is 0 Å². The van der Waals surface area contributed by atoms with Gasteiger partial charge >= 0.3 is 0 Å². The molecule has 0 aromatic carbocycles. The van der Waals surface area contributed by atoms with Crippen molar-refractivity contribution >= 4 is 5.82 Å². The molecule has 1 saturated carbocycles. The highest BCUT2D eigenvalue weighted by atomic mass is 15.0. The Kier molecular flexibility index (Phi) is 4.12. The van der Waals surface area contributed by atoms with E-state index in [9.17, 15) is 0 Å². The van der Waals surface area contributed by atoms with Crippen molar-refractivity contribution in [3.8, 4) is 0 Å². The van der Waals surface area contributed by atoms with Crippen LogP contribution >= 0.6 is 0 Å². The third-order valence-electron chi connectivity index (χ3n) is 4.15. The Morgan fingerprint density at radius 1 is 1.11 bits per heavy atom. The van der Waals surface area contributed by atoms with Gasteiger partial charge in [0.25, 0.3) is 0 Å². The topological polar surface area (TPSA) is 37.8 Å². The maximum atomic E-state index is 4.85. The molecule has 0 aliphatic heterocycles. The van der Waals surface area contributed by atoms with E-state index in [1.165, 1.54) is 25.7 Å². The average molecular weight is 261 g/mol. The molecule has 1 aromatic rings. The second-order valence-electron chi connectivity index (χ2n) is 6.95. The third-order valence-corrected chi connectivity index (χ3v) is 4.15. The molecule has 0 bridgehead atoms. The van der Waals surface area contributed by atoms with E-state index in [4.69, 9.17) is 9.97 Å². The quantitative estimate of drug-likeness (QED) is 0.870. The van der Waals surface area contributed by atoms with E-state index < -0.39 is 0 Å². The summed E-state index contributed by atoms with van der Waals surface area (Å²) in [7, 11) is 1.93. The van der Waals surface area contributed by atoms with Gasteiger partial charge in [-0.1, -0.05) is 40.5 Å². The predicted molar refractivity (Wildman–Crippen MR) is 80.7 cm³/mol. The van der Waals surface area contributed by atoms with Gasteiger partial charge in [0.2, 0.25) is 0 Å². The Morgan fingerprint density at radius 2 is 1.74 bits per heavy atom. The third kappa shape index (κ3) is 3.46. The lowest BCUT2D eigenvalue weighted by molar-refractivity contribution is 0.338.